The van der Waals surface area contributed by atoms with Crippen LogP contribution in [0, 0.1) is 0 Å². The Labute approximate surface area is 166 Å². The molecule has 5 rings (SSSR count). The number of thiophene rings is 1. The predicted octanol–water partition coefficient (Wildman–Crippen LogP) is 3.84. The Balaban J connectivity index is 1.46. The Bertz CT molecular complexity index is 1130. The first-order valence-corrected chi connectivity index (χ1v) is 10.3. The molecule has 28 heavy (non-hydrogen) atoms. The molecule has 1 fully saturated rings. The molecule has 1 saturated heterocycles. The van der Waals surface area contributed by atoms with E-state index in [0.29, 0.717) is 18.0 Å². The third-order valence-electron chi connectivity index (χ3n) is 5.15. The summed E-state index contributed by atoms with van der Waals surface area (Å²) in [5.41, 5.74) is 3.89. The standard InChI is InChI=1S/C21H19N5OS/c27-19(4-3-15-6-9-22-15)14-5-8-23-18(12-14)16-13-24-26-10-7-17(25-21(16)26)20-2-1-11-28-20/h1-2,5,7-8,10-13,15,22H,3-4,6,9H2/t15-/m1/s1. The lowest BCUT2D eigenvalue weighted by Crippen LogP contribution is -2.42. The van der Waals surface area contributed by atoms with Gasteiger partial charge in [0.25, 0.3) is 0 Å². The van der Waals surface area contributed by atoms with Crippen molar-refractivity contribution >= 4 is 22.8 Å². The monoisotopic (exact) mass is 389 g/mol. The van der Waals surface area contributed by atoms with Gasteiger partial charge in [-0.3, -0.25) is 9.78 Å². The van der Waals surface area contributed by atoms with Gasteiger partial charge in [-0.2, -0.15) is 5.10 Å². The minimum atomic E-state index is 0.154. The maximum atomic E-state index is 12.6. The van der Waals surface area contributed by atoms with E-state index in [9.17, 15) is 4.79 Å². The molecule has 1 aliphatic rings. The molecular weight excluding hydrogens is 370 g/mol. The van der Waals surface area contributed by atoms with Crippen molar-refractivity contribution in [3.05, 3.63) is 59.9 Å². The van der Waals surface area contributed by atoms with Gasteiger partial charge in [-0.15, -0.1) is 11.3 Å². The highest BCUT2D eigenvalue weighted by Crippen LogP contribution is 2.27. The number of nitrogens with zero attached hydrogens (tertiary/aromatic N) is 4. The van der Waals surface area contributed by atoms with E-state index in [2.05, 4.69) is 15.4 Å². The highest BCUT2D eigenvalue weighted by Gasteiger charge is 2.19. The van der Waals surface area contributed by atoms with E-state index < -0.39 is 0 Å². The van der Waals surface area contributed by atoms with Gasteiger partial charge in [-0.05, 0) is 49.0 Å². The lowest BCUT2D eigenvalue weighted by Gasteiger charge is -2.27. The van der Waals surface area contributed by atoms with Crippen LogP contribution in [-0.4, -0.2) is 38.0 Å². The Morgan fingerprint density at radius 3 is 3.00 bits per heavy atom. The number of carbonyl (C=O) groups is 1. The van der Waals surface area contributed by atoms with Gasteiger partial charge in [0, 0.05) is 30.4 Å². The highest BCUT2D eigenvalue weighted by molar-refractivity contribution is 7.13. The van der Waals surface area contributed by atoms with E-state index in [1.807, 2.05) is 35.8 Å². The van der Waals surface area contributed by atoms with Gasteiger partial charge in [0.1, 0.15) is 0 Å². The highest BCUT2D eigenvalue weighted by atomic mass is 32.1. The second-order valence-corrected chi connectivity index (χ2v) is 7.90. The Kier molecular flexibility index (Phi) is 4.46. The van der Waals surface area contributed by atoms with Gasteiger partial charge in [-0.25, -0.2) is 9.50 Å². The van der Waals surface area contributed by atoms with Crippen molar-refractivity contribution in [2.24, 2.45) is 0 Å². The lowest BCUT2D eigenvalue weighted by molar-refractivity contribution is 0.0971. The Morgan fingerprint density at radius 2 is 2.21 bits per heavy atom. The van der Waals surface area contributed by atoms with E-state index in [1.54, 1.807) is 34.3 Å². The molecule has 0 radical (unpaired) electrons. The normalized spacial score (nSPS) is 16.2. The molecule has 4 aromatic heterocycles. The molecule has 4 aromatic rings. The summed E-state index contributed by atoms with van der Waals surface area (Å²) in [5, 5.41) is 9.77. The fourth-order valence-corrected chi connectivity index (χ4v) is 4.10. The first-order chi connectivity index (χ1) is 13.8. The summed E-state index contributed by atoms with van der Waals surface area (Å²) in [6, 6.07) is 10.2. The van der Waals surface area contributed by atoms with Crippen molar-refractivity contribution in [3.8, 4) is 21.8 Å². The van der Waals surface area contributed by atoms with E-state index >= 15 is 0 Å². The Morgan fingerprint density at radius 1 is 1.29 bits per heavy atom. The zero-order valence-corrected chi connectivity index (χ0v) is 16.0. The van der Waals surface area contributed by atoms with Gasteiger partial charge in [0.15, 0.2) is 11.4 Å². The molecule has 0 amide bonds. The molecule has 1 aliphatic heterocycles. The Hall–Kier alpha value is -2.90. The average molecular weight is 389 g/mol. The van der Waals surface area contributed by atoms with Gasteiger partial charge < -0.3 is 5.32 Å². The van der Waals surface area contributed by atoms with Crippen LogP contribution in [0.4, 0.5) is 0 Å². The fraction of sp³-hybridized carbons (Fsp3) is 0.238. The number of hydrogen-bond acceptors (Lipinski definition) is 6. The van der Waals surface area contributed by atoms with Crippen molar-refractivity contribution in [1.29, 1.82) is 0 Å². The fourth-order valence-electron chi connectivity index (χ4n) is 3.41. The number of fused-ring (bicyclic) bond motifs is 1. The quantitative estimate of drug-likeness (QED) is 0.507. The maximum Gasteiger partial charge on any atom is 0.165 e. The molecule has 0 saturated carbocycles. The van der Waals surface area contributed by atoms with E-state index in [0.717, 1.165) is 46.9 Å². The number of pyridine rings is 1. The summed E-state index contributed by atoms with van der Waals surface area (Å²) in [7, 11) is 0. The molecule has 5 heterocycles. The first kappa shape index (κ1) is 17.2. The molecule has 0 spiro atoms. The number of hydrogen-bond donors (Lipinski definition) is 1. The topological polar surface area (TPSA) is 72.2 Å². The van der Waals surface area contributed by atoms with Crippen LogP contribution in [0.1, 0.15) is 29.6 Å². The van der Waals surface area contributed by atoms with Crippen LogP contribution < -0.4 is 5.32 Å². The average Bonchev–Trinajstić information content (AvgIpc) is 3.36. The van der Waals surface area contributed by atoms with Crippen molar-refractivity contribution < 1.29 is 4.79 Å². The molecule has 1 N–H and O–H groups in total. The van der Waals surface area contributed by atoms with Crippen molar-refractivity contribution in [2.75, 3.05) is 6.54 Å². The number of carbonyl (C=O) groups excluding carboxylic acids is 1. The number of ketones is 1. The maximum absolute atomic E-state index is 12.6. The van der Waals surface area contributed by atoms with Gasteiger partial charge in [0.2, 0.25) is 0 Å². The third-order valence-corrected chi connectivity index (χ3v) is 6.04. The molecule has 6 nitrogen and oxygen atoms in total. The molecule has 140 valence electrons. The van der Waals surface area contributed by atoms with E-state index in [1.165, 1.54) is 0 Å². The first-order valence-electron chi connectivity index (χ1n) is 9.39. The zero-order chi connectivity index (χ0) is 18.9. The molecule has 1 atom stereocenters. The van der Waals surface area contributed by atoms with Gasteiger partial charge in [-0.1, -0.05) is 6.07 Å². The SMILES string of the molecule is O=C(CC[C@@H]1CCN1)c1ccnc(-c2cnn3ccc(-c4cccs4)nc23)c1. The predicted molar refractivity (Wildman–Crippen MR) is 110 cm³/mol. The van der Waals surface area contributed by atoms with E-state index in [-0.39, 0.29) is 5.78 Å². The molecule has 0 aliphatic carbocycles. The van der Waals surface area contributed by atoms with Crippen molar-refractivity contribution in [1.82, 2.24) is 24.9 Å². The van der Waals surface area contributed by atoms with Crippen LogP contribution in [0.5, 0.6) is 0 Å². The molecular formula is C21H19N5OS. The summed E-state index contributed by atoms with van der Waals surface area (Å²) in [5.74, 6) is 0.154. The molecule has 0 unspecified atom stereocenters. The van der Waals surface area contributed by atoms with Gasteiger partial charge in [0.05, 0.1) is 28.0 Å². The minimum Gasteiger partial charge on any atom is -0.314 e. The van der Waals surface area contributed by atoms with Crippen molar-refractivity contribution in [3.63, 3.8) is 0 Å². The summed E-state index contributed by atoms with van der Waals surface area (Å²) in [6.45, 7) is 1.06. The zero-order valence-electron chi connectivity index (χ0n) is 15.2. The second-order valence-electron chi connectivity index (χ2n) is 6.95. The van der Waals surface area contributed by atoms with Crippen LogP contribution in [0.3, 0.4) is 0 Å². The smallest absolute Gasteiger partial charge is 0.165 e. The lowest BCUT2D eigenvalue weighted by atomic mass is 9.97. The summed E-state index contributed by atoms with van der Waals surface area (Å²) in [6.07, 6.45) is 7.96. The number of nitrogens with one attached hydrogen (secondary N) is 1. The van der Waals surface area contributed by atoms with Crippen molar-refractivity contribution in [2.45, 2.75) is 25.3 Å². The van der Waals surface area contributed by atoms with Crippen LogP contribution in [0.2, 0.25) is 0 Å². The largest absolute Gasteiger partial charge is 0.314 e. The third kappa shape index (κ3) is 3.23. The summed E-state index contributed by atoms with van der Waals surface area (Å²) >= 11 is 1.65. The summed E-state index contributed by atoms with van der Waals surface area (Å²) < 4.78 is 1.74. The van der Waals surface area contributed by atoms with Crippen LogP contribution in [0.25, 0.3) is 27.5 Å². The number of rotatable bonds is 6. The molecule has 0 bridgehead atoms. The van der Waals surface area contributed by atoms with E-state index in [4.69, 9.17) is 4.98 Å². The second kappa shape index (κ2) is 7.26. The van der Waals surface area contributed by atoms with Crippen LogP contribution in [-0.2, 0) is 0 Å². The van der Waals surface area contributed by atoms with Gasteiger partial charge >= 0.3 is 0 Å². The molecule has 7 heteroatoms. The number of aromatic nitrogens is 4. The number of Topliss-reactive ketones (excluding diaryl/α,β-unsaturated/α-hetero) is 1. The van der Waals surface area contributed by atoms with Crippen LogP contribution >= 0.6 is 11.3 Å². The van der Waals surface area contributed by atoms with Crippen LogP contribution in [0.15, 0.2) is 54.3 Å². The summed E-state index contributed by atoms with van der Waals surface area (Å²) in [4.78, 5) is 23.0. The molecule has 0 aromatic carbocycles. The minimum absolute atomic E-state index is 0.154.